The van der Waals surface area contributed by atoms with Gasteiger partial charge < -0.3 is 15.4 Å². The lowest BCUT2D eigenvalue weighted by Gasteiger charge is -2.31. The number of ether oxygens (including phenoxy) is 1. The number of aryl methyl sites for hydroxylation is 1. The van der Waals surface area contributed by atoms with Crippen molar-refractivity contribution in [3.63, 3.8) is 0 Å². The number of rotatable bonds is 6. The number of nitrogens with zero attached hydrogens (tertiary/aromatic N) is 4. The number of hydrogen-bond donors (Lipinski definition) is 2. The van der Waals surface area contributed by atoms with E-state index in [0.717, 1.165) is 30.1 Å². The molecule has 3 aromatic rings. The third kappa shape index (κ3) is 4.71. The van der Waals surface area contributed by atoms with Crippen LogP contribution >= 0.6 is 0 Å². The minimum atomic E-state index is -0.905. The highest BCUT2D eigenvalue weighted by molar-refractivity contribution is 6.02. The number of hydrogen-bond acceptors (Lipinski definition) is 6. The molecule has 0 bridgehead atoms. The number of benzene rings is 2. The standard InChI is InChI=1S/C25H25F3N6O2/c1-15-13-16(26)5-6-17(15)21-18-14-30-25(35)34(22-19(27)3-2-4-20(22)28)23(18)32-24(31-21)29-7-8-33-9-11-36-12-10-33/h2-6,13H,7-12,14H2,1H3,(H,30,35)(H,29,31,32). The molecule has 2 aliphatic rings. The Hall–Kier alpha value is -3.70. The monoisotopic (exact) mass is 498 g/mol. The fourth-order valence-corrected chi connectivity index (χ4v) is 4.41. The Morgan fingerprint density at radius 1 is 1.08 bits per heavy atom. The van der Waals surface area contributed by atoms with Crippen molar-refractivity contribution >= 4 is 23.5 Å². The maximum absolute atomic E-state index is 14.8. The van der Waals surface area contributed by atoms with Gasteiger partial charge in [0.15, 0.2) is 5.82 Å². The number of amides is 2. The van der Waals surface area contributed by atoms with Crippen molar-refractivity contribution in [1.82, 2.24) is 20.2 Å². The van der Waals surface area contributed by atoms with Gasteiger partial charge in [-0.25, -0.2) is 27.8 Å². The number of morpholine rings is 1. The van der Waals surface area contributed by atoms with Crippen molar-refractivity contribution in [2.24, 2.45) is 0 Å². The quantitative estimate of drug-likeness (QED) is 0.535. The van der Waals surface area contributed by atoms with E-state index in [9.17, 15) is 18.0 Å². The van der Waals surface area contributed by atoms with E-state index >= 15 is 0 Å². The highest BCUT2D eigenvalue weighted by atomic mass is 19.1. The van der Waals surface area contributed by atoms with Gasteiger partial charge in [-0.1, -0.05) is 6.07 Å². The summed E-state index contributed by atoms with van der Waals surface area (Å²) in [5.74, 6) is -1.95. The van der Waals surface area contributed by atoms with Crippen LogP contribution < -0.4 is 15.5 Å². The van der Waals surface area contributed by atoms with Crippen molar-refractivity contribution in [3.05, 3.63) is 65.0 Å². The summed E-state index contributed by atoms with van der Waals surface area (Å²) >= 11 is 0. The van der Waals surface area contributed by atoms with E-state index in [1.54, 1.807) is 13.0 Å². The predicted molar refractivity (Wildman–Crippen MR) is 129 cm³/mol. The number of fused-ring (bicyclic) bond motifs is 1. The van der Waals surface area contributed by atoms with E-state index in [1.807, 2.05) is 0 Å². The van der Waals surface area contributed by atoms with Gasteiger partial charge in [0.1, 0.15) is 23.1 Å². The molecule has 0 atom stereocenters. The first kappa shape index (κ1) is 24.0. The van der Waals surface area contributed by atoms with Crippen LogP contribution in [-0.2, 0) is 11.3 Å². The van der Waals surface area contributed by atoms with Gasteiger partial charge >= 0.3 is 6.03 Å². The molecule has 8 nitrogen and oxygen atoms in total. The molecule has 1 saturated heterocycles. The van der Waals surface area contributed by atoms with Crippen LogP contribution in [0, 0.1) is 24.4 Å². The lowest BCUT2D eigenvalue weighted by Crippen LogP contribution is -2.43. The SMILES string of the molecule is Cc1cc(F)ccc1-c1nc(NCCN2CCOCC2)nc2c1CNC(=O)N2c1c(F)cccc1F. The topological polar surface area (TPSA) is 82.6 Å². The normalized spacial score (nSPS) is 16.0. The molecule has 0 aliphatic carbocycles. The van der Waals surface area contributed by atoms with E-state index in [-0.39, 0.29) is 18.3 Å². The number of urea groups is 1. The summed E-state index contributed by atoms with van der Waals surface area (Å²) in [5, 5.41) is 5.82. The van der Waals surface area contributed by atoms with Gasteiger partial charge in [0.25, 0.3) is 0 Å². The summed E-state index contributed by atoms with van der Waals surface area (Å²) in [6.07, 6.45) is 0. The molecule has 0 radical (unpaired) electrons. The molecule has 2 amide bonds. The summed E-state index contributed by atoms with van der Waals surface area (Å²) in [6, 6.07) is 6.95. The van der Waals surface area contributed by atoms with Crippen molar-refractivity contribution in [1.29, 1.82) is 0 Å². The van der Waals surface area contributed by atoms with Crippen LogP contribution in [0.3, 0.4) is 0 Å². The number of aromatic nitrogens is 2. The van der Waals surface area contributed by atoms with Crippen molar-refractivity contribution in [2.75, 3.05) is 49.6 Å². The Labute approximate surface area is 206 Å². The zero-order valence-electron chi connectivity index (χ0n) is 19.7. The maximum atomic E-state index is 14.8. The second kappa shape index (κ2) is 10.1. The smallest absolute Gasteiger partial charge is 0.328 e. The first-order valence-corrected chi connectivity index (χ1v) is 11.7. The molecule has 1 fully saturated rings. The van der Waals surface area contributed by atoms with Gasteiger partial charge in [0.05, 0.1) is 25.5 Å². The van der Waals surface area contributed by atoms with Gasteiger partial charge in [-0.05, 0) is 42.8 Å². The Morgan fingerprint density at radius 3 is 2.56 bits per heavy atom. The van der Waals surface area contributed by atoms with Gasteiger partial charge in [-0.15, -0.1) is 0 Å². The van der Waals surface area contributed by atoms with E-state index in [0.29, 0.717) is 48.7 Å². The third-order valence-corrected chi connectivity index (χ3v) is 6.24. The molecule has 11 heteroatoms. The first-order valence-electron chi connectivity index (χ1n) is 11.7. The lowest BCUT2D eigenvalue weighted by molar-refractivity contribution is 0.0398. The molecule has 0 unspecified atom stereocenters. The number of carbonyl (C=O) groups excluding carboxylic acids is 1. The average Bonchev–Trinajstić information content (AvgIpc) is 2.85. The van der Waals surface area contributed by atoms with Crippen LogP contribution in [0.15, 0.2) is 36.4 Å². The minimum Gasteiger partial charge on any atom is -0.379 e. The summed E-state index contributed by atoms with van der Waals surface area (Å²) in [7, 11) is 0. The average molecular weight is 499 g/mol. The van der Waals surface area contributed by atoms with Crippen molar-refractivity contribution in [3.8, 4) is 11.3 Å². The zero-order valence-corrected chi connectivity index (χ0v) is 19.7. The number of anilines is 3. The van der Waals surface area contributed by atoms with E-state index in [2.05, 4.69) is 25.5 Å². The minimum absolute atomic E-state index is 0.0426. The van der Waals surface area contributed by atoms with Crippen LogP contribution in [-0.4, -0.2) is 60.3 Å². The Balaban J connectivity index is 1.59. The van der Waals surface area contributed by atoms with E-state index < -0.39 is 29.2 Å². The molecule has 0 spiro atoms. The number of para-hydroxylation sites is 1. The number of carbonyl (C=O) groups is 1. The van der Waals surface area contributed by atoms with Gasteiger partial charge in [-0.3, -0.25) is 4.90 Å². The second-order valence-corrected chi connectivity index (χ2v) is 8.60. The van der Waals surface area contributed by atoms with E-state index in [1.165, 1.54) is 18.2 Å². The first-order chi connectivity index (χ1) is 17.4. The Bertz CT molecular complexity index is 1280. The Morgan fingerprint density at radius 2 is 1.83 bits per heavy atom. The molecule has 2 aliphatic heterocycles. The molecule has 3 heterocycles. The number of halogens is 3. The van der Waals surface area contributed by atoms with Crippen LogP contribution in [0.4, 0.5) is 35.4 Å². The highest BCUT2D eigenvalue weighted by Gasteiger charge is 2.34. The molecular formula is C25H25F3N6O2. The molecule has 0 saturated carbocycles. The fraction of sp³-hybridized carbons (Fsp3) is 0.320. The van der Waals surface area contributed by atoms with Crippen molar-refractivity contribution in [2.45, 2.75) is 13.5 Å². The molecule has 36 heavy (non-hydrogen) atoms. The molecule has 2 aromatic carbocycles. The molecule has 2 N–H and O–H groups in total. The molecule has 1 aromatic heterocycles. The van der Waals surface area contributed by atoms with Crippen molar-refractivity contribution < 1.29 is 22.7 Å². The lowest BCUT2D eigenvalue weighted by atomic mass is 10.00. The molecular weight excluding hydrogens is 473 g/mol. The summed E-state index contributed by atoms with van der Waals surface area (Å²) in [6.45, 7) is 5.96. The third-order valence-electron chi connectivity index (χ3n) is 6.24. The summed E-state index contributed by atoms with van der Waals surface area (Å²) in [4.78, 5) is 25.2. The van der Waals surface area contributed by atoms with E-state index in [4.69, 9.17) is 4.74 Å². The Kier molecular flexibility index (Phi) is 6.75. The van der Waals surface area contributed by atoms with Crippen LogP contribution in [0.5, 0.6) is 0 Å². The summed E-state index contributed by atoms with van der Waals surface area (Å²) in [5.41, 5.74) is 1.61. The molecule has 188 valence electrons. The molecule has 5 rings (SSSR count). The fourth-order valence-electron chi connectivity index (χ4n) is 4.41. The highest BCUT2D eigenvalue weighted by Crippen LogP contribution is 2.39. The van der Waals surface area contributed by atoms with Crippen LogP contribution in [0.2, 0.25) is 0 Å². The largest absolute Gasteiger partial charge is 0.379 e. The van der Waals surface area contributed by atoms with Gasteiger partial charge in [0, 0.05) is 37.3 Å². The van der Waals surface area contributed by atoms with Crippen LogP contribution in [0.1, 0.15) is 11.1 Å². The predicted octanol–water partition coefficient (Wildman–Crippen LogP) is 3.97. The van der Waals surface area contributed by atoms with Crippen LogP contribution in [0.25, 0.3) is 11.3 Å². The number of nitrogens with one attached hydrogen (secondary N) is 2. The second-order valence-electron chi connectivity index (χ2n) is 8.60. The summed E-state index contributed by atoms with van der Waals surface area (Å²) < 4.78 is 48.7. The maximum Gasteiger partial charge on any atom is 0.328 e. The zero-order chi connectivity index (χ0) is 25.2. The van der Waals surface area contributed by atoms with Gasteiger partial charge in [-0.2, -0.15) is 4.98 Å². The van der Waals surface area contributed by atoms with Gasteiger partial charge in [0.2, 0.25) is 5.95 Å².